The van der Waals surface area contributed by atoms with Crippen LogP contribution in [0.2, 0.25) is 0 Å². The molecular formula is C32H52O4. The molecule has 0 aromatic rings. The van der Waals surface area contributed by atoms with Crippen LogP contribution < -0.4 is 0 Å². The Morgan fingerprint density at radius 2 is 1.67 bits per heavy atom. The molecule has 0 N–H and O–H groups in total. The van der Waals surface area contributed by atoms with Crippen LogP contribution in [0.1, 0.15) is 120 Å². The van der Waals surface area contributed by atoms with Gasteiger partial charge in [-0.2, -0.15) is 0 Å². The standard InChI is InChI=1S/C32H52O4/c1-19(2)11-10-12-20(3)22-13-15-30(8)27-23(34)17-24-28(5,6)25(35-21(4)33)14-16-29(24,7)32(27)26(36-32)18-31(22,30)9/h19-20,22,24-27H,10-18H2,1-9H3/t20-,22-,24+,25+,26-,27+,29+,30+,31-,32-/m1/s1. The first-order chi connectivity index (χ1) is 16.6. The van der Waals surface area contributed by atoms with Gasteiger partial charge in [0.2, 0.25) is 0 Å². The molecule has 0 aromatic heterocycles. The molecule has 1 saturated heterocycles. The van der Waals surface area contributed by atoms with Crippen LogP contribution in [0.3, 0.4) is 0 Å². The van der Waals surface area contributed by atoms with Crippen LogP contribution in [0, 0.1) is 51.2 Å². The molecule has 4 saturated carbocycles. The van der Waals surface area contributed by atoms with Gasteiger partial charge in [0, 0.05) is 24.2 Å². The average molecular weight is 501 g/mol. The van der Waals surface area contributed by atoms with Crippen molar-refractivity contribution in [1.29, 1.82) is 0 Å². The van der Waals surface area contributed by atoms with Crippen LogP contribution in [0.15, 0.2) is 0 Å². The van der Waals surface area contributed by atoms with E-state index in [1.54, 1.807) is 0 Å². The Balaban J connectivity index is 1.46. The maximum Gasteiger partial charge on any atom is 0.302 e. The SMILES string of the molecule is CC(=O)O[C@H]1CC[C@@]2(C)[C@@H](CC(=O)[C@@H]3[C@@]24O[C@@H]4C[C@]2(C)[C@@H]([C@H](C)CCCC(C)C)CC[C@@]32C)C1(C)C. The number of epoxide rings is 1. The number of ketones is 1. The molecule has 5 rings (SSSR count). The summed E-state index contributed by atoms with van der Waals surface area (Å²) in [5, 5.41) is 0. The molecular weight excluding hydrogens is 448 g/mol. The summed E-state index contributed by atoms with van der Waals surface area (Å²) < 4.78 is 12.7. The van der Waals surface area contributed by atoms with Gasteiger partial charge < -0.3 is 9.47 Å². The number of ether oxygens (including phenoxy) is 2. The molecule has 4 heteroatoms. The van der Waals surface area contributed by atoms with Gasteiger partial charge in [0.05, 0.1) is 12.0 Å². The van der Waals surface area contributed by atoms with Gasteiger partial charge in [-0.05, 0) is 66.6 Å². The molecule has 5 fully saturated rings. The number of hydrogen-bond donors (Lipinski definition) is 0. The molecule has 1 spiro atoms. The Morgan fingerprint density at radius 3 is 2.31 bits per heavy atom. The Hall–Kier alpha value is -0.900. The fraction of sp³-hybridized carbons (Fsp3) is 0.938. The third-order valence-electron chi connectivity index (χ3n) is 13.0. The first kappa shape index (κ1) is 26.7. The van der Waals surface area contributed by atoms with E-state index < -0.39 is 0 Å². The Morgan fingerprint density at radius 1 is 1.00 bits per heavy atom. The van der Waals surface area contributed by atoms with Crippen molar-refractivity contribution < 1.29 is 19.1 Å². The Kier molecular flexibility index (Phi) is 6.15. The summed E-state index contributed by atoms with van der Waals surface area (Å²) in [6, 6.07) is 0. The lowest BCUT2D eigenvalue weighted by molar-refractivity contribution is -0.203. The van der Waals surface area contributed by atoms with Crippen molar-refractivity contribution in [3.63, 3.8) is 0 Å². The minimum atomic E-state index is -0.324. The van der Waals surface area contributed by atoms with E-state index in [4.69, 9.17) is 9.47 Å². The lowest BCUT2D eigenvalue weighted by Crippen LogP contribution is -2.69. The molecule has 4 aliphatic carbocycles. The van der Waals surface area contributed by atoms with Crippen molar-refractivity contribution in [1.82, 2.24) is 0 Å². The van der Waals surface area contributed by atoms with Gasteiger partial charge in [-0.15, -0.1) is 0 Å². The smallest absolute Gasteiger partial charge is 0.302 e. The Labute approximate surface area is 220 Å². The minimum Gasteiger partial charge on any atom is -0.462 e. The molecule has 10 atom stereocenters. The van der Waals surface area contributed by atoms with E-state index in [0.29, 0.717) is 24.0 Å². The average Bonchev–Trinajstić information content (AvgIpc) is 3.39. The van der Waals surface area contributed by atoms with Crippen molar-refractivity contribution in [3.05, 3.63) is 0 Å². The van der Waals surface area contributed by atoms with Gasteiger partial charge in [0.15, 0.2) is 0 Å². The lowest BCUT2D eigenvalue weighted by atomic mass is 9.37. The molecule has 5 aliphatic rings. The molecule has 1 aliphatic heterocycles. The number of rotatable bonds is 6. The number of carbonyl (C=O) groups excluding carboxylic acids is 2. The highest BCUT2D eigenvalue weighted by atomic mass is 16.6. The van der Waals surface area contributed by atoms with Crippen molar-refractivity contribution in [2.45, 2.75) is 138 Å². The molecule has 4 nitrogen and oxygen atoms in total. The minimum absolute atomic E-state index is 0.00108. The van der Waals surface area contributed by atoms with Gasteiger partial charge >= 0.3 is 5.97 Å². The lowest BCUT2D eigenvalue weighted by Gasteiger charge is -2.65. The van der Waals surface area contributed by atoms with E-state index in [1.165, 1.54) is 32.6 Å². The van der Waals surface area contributed by atoms with Gasteiger partial charge in [0.1, 0.15) is 17.5 Å². The van der Waals surface area contributed by atoms with Crippen LogP contribution in [0.25, 0.3) is 0 Å². The molecule has 0 bridgehead atoms. The van der Waals surface area contributed by atoms with Gasteiger partial charge in [-0.25, -0.2) is 0 Å². The van der Waals surface area contributed by atoms with Crippen LogP contribution in [0.4, 0.5) is 0 Å². The third-order valence-corrected chi connectivity index (χ3v) is 13.0. The van der Waals surface area contributed by atoms with Gasteiger partial charge in [-0.3, -0.25) is 9.59 Å². The number of esters is 1. The second-order valence-electron chi connectivity index (χ2n) is 15.4. The molecule has 204 valence electrons. The quantitative estimate of drug-likeness (QED) is 0.282. The van der Waals surface area contributed by atoms with E-state index in [-0.39, 0.29) is 57.3 Å². The monoisotopic (exact) mass is 500 g/mol. The first-order valence-corrected chi connectivity index (χ1v) is 15.0. The van der Waals surface area contributed by atoms with Gasteiger partial charge in [0.25, 0.3) is 0 Å². The Bertz CT molecular complexity index is 923. The van der Waals surface area contributed by atoms with E-state index in [0.717, 1.165) is 31.6 Å². The summed E-state index contributed by atoms with van der Waals surface area (Å²) in [5.41, 5.74) is -0.464. The summed E-state index contributed by atoms with van der Waals surface area (Å²) in [7, 11) is 0. The predicted molar refractivity (Wildman–Crippen MR) is 142 cm³/mol. The first-order valence-electron chi connectivity index (χ1n) is 15.0. The van der Waals surface area contributed by atoms with Crippen molar-refractivity contribution >= 4 is 11.8 Å². The van der Waals surface area contributed by atoms with E-state index >= 15 is 0 Å². The molecule has 0 aromatic carbocycles. The summed E-state index contributed by atoms with van der Waals surface area (Å²) in [6.45, 7) is 20.5. The zero-order valence-corrected chi connectivity index (χ0v) is 24.5. The van der Waals surface area contributed by atoms with E-state index in [9.17, 15) is 9.59 Å². The molecule has 0 unspecified atom stereocenters. The summed E-state index contributed by atoms with van der Waals surface area (Å²) in [4.78, 5) is 26.2. The van der Waals surface area contributed by atoms with Gasteiger partial charge in [-0.1, -0.05) is 74.7 Å². The zero-order chi connectivity index (χ0) is 26.5. The second-order valence-corrected chi connectivity index (χ2v) is 15.4. The fourth-order valence-corrected chi connectivity index (χ4v) is 10.9. The van der Waals surface area contributed by atoms with Crippen LogP contribution in [-0.4, -0.2) is 29.6 Å². The second kappa shape index (κ2) is 8.30. The van der Waals surface area contributed by atoms with Crippen molar-refractivity contribution in [2.75, 3.05) is 0 Å². The molecule has 0 amide bonds. The molecule has 36 heavy (non-hydrogen) atoms. The van der Waals surface area contributed by atoms with E-state index in [2.05, 4.69) is 55.4 Å². The normalized spacial score (nSPS) is 49.5. The van der Waals surface area contributed by atoms with Crippen LogP contribution in [-0.2, 0) is 19.1 Å². The molecule has 1 heterocycles. The number of carbonyl (C=O) groups is 2. The van der Waals surface area contributed by atoms with Crippen LogP contribution >= 0.6 is 0 Å². The largest absolute Gasteiger partial charge is 0.462 e. The fourth-order valence-electron chi connectivity index (χ4n) is 10.9. The highest BCUT2D eigenvalue weighted by Gasteiger charge is 2.85. The summed E-state index contributed by atoms with van der Waals surface area (Å²) in [5.74, 6) is 2.54. The maximum absolute atomic E-state index is 14.3. The summed E-state index contributed by atoms with van der Waals surface area (Å²) in [6.07, 6.45) is 9.93. The highest BCUT2D eigenvalue weighted by Crippen LogP contribution is 2.81. The van der Waals surface area contributed by atoms with Crippen molar-refractivity contribution in [3.8, 4) is 0 Å². The molecule has 0 radical (unpaired) electrons. The van der Waals surface area contributed by atoms with Crippen LogP contribution in [0.5, 0.6) is 0 Å². The maximum atomic E-state index is 14.3. The zero-order valence-electron chi connectivity index (χ0n) is 24.5. The third kappa shape index (κ3) is 3.34. The predicted octanol–water partition coefficient (Wildman–Crippen LogP) is 7.38. The number of hydrogen-bond acceptors (Lipinski definition) is 4. The topological polar surface area (TPSA) is 55.9 Å². The summed E-state index contributed by atoms with van der Waals surface area (Å²) >= 11 is 0. The highest BCUT2D eigenvalue weighted by molar-refractivity contribution is 5.86. The number of Topliss-reactive ketones (excluding diaryl/α,β-unsaturated/α-hetero) is 1. The number of fused-ring (bicyclic) bond motifs is 3. The van der Waals surface area contributed by atoms with E-state index in [1.807, 2.05) is 0 Å². The van der Waals surface area contributed by atoms with Crippen molar-refractivity contribution in [2.24, 2.45) is 51.2 Å².